The van der Waals surface area contributed by atoms with Crippen LogP contribution in [-0.2, 0) is 40.0 Å². The number of hydrogen-bond acceptors (Lipinski definition) is 10. The third-order valence-electron chi connectivity index (χ3n) is 6.05. The molecule has 0 spiro atoms. The van der Waals surface area contributed by atoms with Crippen molar-refractivity contribution in [3.8, 4) is 0 Å². The van der Waals surface area contributed by atoms with E-state index in [2.05, 4.69) is 20.7 Å². The fourth-order valence-electron chi connectivity index (χ4n) is 3.83. The summed E-state index contributed by atoms with van der Waals surface area (Å²) in [6.07, 6.45) is -7.24. The van der Waals surface area contributed by atoms with Crippen LogP contribution < -0.4 is 16.4 Å². The molecular weight excluding hydrogens is 532 g/mol. The molecule has 16 heteroatoms. The number of rotatable bonds is 15. The Kier molecular flexibility index (Phi) is 12.7. The molecule has 1 heterocycles. The van der Waals surface area contributed by atoms with Crippen LogP contribution in [0.15, 0.2) is 35.4 Å². The highest BCUT2D eigenvalue weighted by Crippen LogP contribution is 2.28. The summed E-state index contributed by atoms with van der Waals surface area (Å²) in [6, 6.07) is 5.28. The lowest BCUT2D eigenvalue weighted by molar-refractivity contribution is -0.279. The van der Waals surface area contributed by atoms with Crippen LogP contribution in [0.25, 0.3) is 10.4 Å². The van der Waals surface area contributed by atoms with Crippen LogP contribution in [0.3, 0.4) is 0 Å². The van der Waals surface area contributed by atoms with Crippen LogP contribution in [0.2, 0.25) is 0 Å². The second kappa shape index (κ2) is 15.7. The molecule has 2 rings (SSSR count). The molecule has 7 N–H and O–H groups in total. The van der Waals surface area contributed by atoms with Crippen LogP contribution in [0, 0.1) is 0 Å². The molecule has 0 saturated carbocycles. The van der Waals surface area contributed by atoms with Gasteiger partial charge in [0.05, 0.1) is 13.2 Å². The van der Waals surface area contributed by atoms with Gasteiger partial charge in [-0.2, -0.15) is 0 Å². The Hall–Kier alpha value is -3.79. The molecule has 1 fully saturated rings. The van der Waals surface area contributed by atoms with Crippen molar-refractivity contribution in [3.63, 3.8) is 0 Å². The Bertz CT molecular complexity index is 1070. The average Bonchev–Trinajstić information content (AvgIpc) is 2.92. The molecule has 1 aliphatic rings. The number of carbonyl (C=O) groups is 4. The van der Waals surface area contributed by atoms with Crippen molar-refractivity contribution in [2.24, 2.45) is 10.8 Å². The number of carboxylic acid groups (broad SMARTS) is 1. The topological polar surface area (TPSA) is 256 Å². The van der Waals surface area contributed by atoms with Gasteiger partial charge in [-0.25, -0.2) is 0 Å². The maximum Gasteiger partial charge on any atom is 0.303 e. The summed E-state index contributed by atoms with van der Waals surface area (Å²) >= 11 is 0. The molecule has 0 bridgehead atoms. The van der Waals surface area contributed by atoms with Gasteiger partial charge in [0.15, 0.2) is 6.29 Å². The maximum atomic E-state index is 12.8. The smallest absolute Gasteiger partial charge is 0.303 e. The molecule has 220 valence electrons. The number of aliphatic hydroxyl groups is 2. The van der Waals surface area contributed by atoms with Crippen molar-refractivity contribution < 1.29 is 48.7 Å². The molecule has 1 aliphatic heterocycles. The predicted molar refractivity (Wildman–Crippen MR) is 136 cm³/mol. The van der Waals surface area contributed by atoms with Crippen molar-refractivity contribution in [2.45, 2.75) is 82.1 Å². The number of carboxylic acids is 1. The van der Waals surface area contributed by atoms with Crippen LogP contribution in [0.1, 0.15) is 32.3 Å². The third-order valence-corrected chi connectivity index (χ3v) is 6.05. The van der Waals surface area contributed by atoms with Crippen molar-refractivity contribution in [2.75, 3.05) is 6.61 Å². The summed E-state index contributed by atoms with van der Waals surface area (Å²) in [5, 5.41) is 37.6. The lowest BCUT2D eigenvalue weighted by Crippen LogP contribution is -2.61. The summed E-state index contributed by atoms with van der Waals surface area (Å²) in [6.45, 7) is 2.06. The van der Waals surface area contributed by atoms with Crippen molar-refractivity contribution in [1.29, 1.82) is 0 Å². The number of aliphatic carboxylic acids is 1. The monoisotopic (exact) mass is 566 g/mol. The largest absolute Gasteiger partial charge is 0.481 e. The van der Waals surface area contributed by atoms with Crippen LogP contribution >= 0.6 is 0 Å². The van der Waals surface area contributed by atoms with Crippen LogP contribution in [-0.4, -0.2) is 94.4 Å². The highest BCUT2D eigenvalue weighted by atomic mass is 16.7. The Morgan fingerprint density at radius 3 is 2.42 bits per heavy atom. The molecule has 40 heavy (non-hydrogen) atoms. The lowest BCUT2D eigenvalue weighted by Gasteiger charge is -2.43. The van der Waals surface area contributed by atoms with Crippen molar-refractivity contribution >= 4 is 23.7 Å². The maximum absolute atomic E-state index is 12.8. The molecule has 0 aliphatic carbocycles. The van der Waals surface area contributed by atoms with E-state index in [1.165, 1.54) is 13.8 Å². The van der Waals surface area contributed by atoms with E-state index in [1.807, 2.05) is 6.07 Å². The Balaban J connectivity index is 2.08. The number of azide groups is 1. The summed E-state index contributed by atoms with van der Waals surface area (Å²) in [5.41, 5.74) is 15.1. The first-order valence-electron chi connectivity index (χ1n) is 12.4. The van der Waals surface area contributed by atoms with Gasteiger partial charge in [0.2, 0.25) is 17.7 Å². The number of nitrogens with two attached hydrogens (primary N) is 1. The first-order chi connectivity index (χ1) is 19.0. The van der Waals surface area contributed by atoms with E-state index in [4.69, 9.17) is 30.6 Å². The van der Waals surface area contributed by atoms with Gasteiger partial charge in [0.25, 0.3) is 0 Å². The first kappa shape index (κ1) is 32.4. The molecule has 0 aromatic heterocycles. The molecule has 16 nitrogen and oxygen atoms in total. The number of aliphatic hydroxyl groups excluding tert-OH is 2. The minimum Gasteiger partial charge on any atom is -0.481 e. The van der Waals surface area contributed by atoms with E-state index in [-0.39, 0.29) is 13.0 Å². The molecule has 8 atom stereocenters. The van der Waals surface area contributed by atoms with E-state index >= 15 is 0 Å². The number of nitrogens with zero attached hydrogens (tertiary/aromatic N) is 3. The van der Waals surface area contributed by atoms with E-state index in [1.54, 1.807) is 24.3 Å². The minimum absolute atomic E-state index is 0.0470. The summed E-state index contributed by atoms with van der Waals surface area (Å²) in [5.74, 6) is -3.73. The van der Waals surface area contributed by atoms with Gasteiger partial charge in [-0.05, 0) is 31.4 Å². The normalized spacial score (nSPS) is 24.6. The van der Waals surface area contributed by atoms with Crippen LogP contribution in [0.5, 0.6) is 0 Å². The molecule has 1 saturated heterocycles. The molecule has 3 amide bonds. The second-order valence-electron chi connectivity index (χ2n) is 9.08. The van der Waals surface area contributed by atoms with E-state index < -0.39 is 85.5 Å². The SMILES string of the molecule is C[C@H](NC(=O)[C@@H](C)O[C@H]1[C@H](O)[C@@H](CO)O[C@H](OCc2ccccc2)[C@@H]1N=[N+]=[N-])C(=O)N[C@H](CCC(=O)O)C(N)=O. The van der Waals surface area contributed by atoms with Gasteiger partial charge in [0.1, 0.15) is 42.5 Å². The molecular formula is C24H34N6O10. The number of amides is 3. The second-order valence-corrected chi connectivity index (χ2v) is 9.08. The lowest BCUT2D eigenvalue weighted by atomic mass is 9.97. The van der Waals surface area contributed by atoms with E-state index in [0.29, 0.717) is 0 Å². The Morgan fingerprint density at radius 2 is 1.85 bits per heavy atom. The quantitative estimate of drug-likeness (QED) is 0.0863. The standard InChI is InChI=1S/C24H34N6O10/c1-12(22(36)28-15(21(25)35)8-9-17(32)33)27-23(37)13(2)39-20-18(29-30-26)24(40-16(10-31)19(20)34)38-11-14-6-4-3-5-7-14/h3-7,12-13,15-16,18-20,24,31,34H,8-11H2,1-2H3,(H2,25,35)(H,27,37)(H,28,36)(H,32,33)/t12-,13+,15+,16+,18+,19+,20+,24-/m0/s1. The number of ether oxygens (including phenoxy) is 3. The fourth-order valence-corrected chi connectivity index (χ4v) is 3.83. The van der Waals surface area contributed by atoms with Crippen LogP contribution in [0.4, 0.5) is 0 Å². The Morgan fingerprint density at radius 1 is 1.18 bits per heavy atom. The zero-order valence-corrected chi connectivity index (χ0v) is 22.0. The predicted octanol–water partition coefficient (Wildman–Crippen LogP) is -0.926. The molecule has 0 radical (unpaired) electrons. The molecule has 1 aromatic rings. The fraction of sp³-hybridized carbons (Fsp3) is 0.583. The Labute approximate surface area is 229 Å². The van der Waals surface area contributed by atoms with Gasteiger partial charge < -0.3 is 45.9 Å². The number of nitrogens with one attached hydrogen (secondary N) is 2. The summed E-state index contributed by atoms with van der Waals surface area (Å²) in [4.78, 5) is 50.4. The van der Waals surface area contributed by atoms with Gasteiger partial charge in [-0.15, -0.1) is 0 Å². The first-order valence-corrected chi connectivity index (χ1v) is 12.4. The zero-order chi connectivity index (χ0) is 29.8. The summed E-state index contributed by atoms with van der Waals surface area (Å²) in [7, 11) is 0. The highest BCUT2D eigenvalue weighted by Gasteiger charge is 2.47. The molecule has 0 unspecified atom stereocenters. The molecule has 1 aromatic carbocycles. The zero-order valence-electron chi connectivity index (χ0n) is 22.0. The van der Waals surface area contributed by atoms with Gasteiger partial charge in [0, 0.05) is 11.3 Å². The van der Waals surface area contributed by atoms with E-state index in [0.717, 1.165) is 5.56 Å². The summed E-state index contributed by atoms with van der Waals surface area (Å²) < 4.78 is 17.1. The number of carbonyl (C=O) groups excluding carboxylic acids is 3. The van der Waals surface area contributed by atoms with Crippen molar-refractivity contribution in [1.82, 2.24) is 10.6 Å². The number of hydrogen-bond donors (Lipinski definition) is 6. The van der Waals surface area contributed by atoms with Gasteiger partial charge in [-0.3, -0.25) is 19.2 Å². The minimum atomic E-state index is -1.52. The third kappa shape index (κ3) is 9.44. The van der Waals surface area contributed by atoms with Gasteiger partial charge >= 0.3 is 5.97 Å². The highest BCUT2D eigenvalue weighted by molar-refractivity contribution is 5.92. The van der Waals surface area contributed by atoms with Crippen molar-refractivity contribution in [3.05, 3.63) is 46.3 Å². The van der Waals surface area contributed by atoms with Gasteiger partial charge in [-0.1, -0.05) is 35.4 Å². The number of benzene rings is 1. The average molecular weight is 567 g/mol. The van der Waals surface area contributed by atoms with E-state index in [9.17, 15) is 29.4 Å². The number of primary amides is 1.